The second-order valence-electron chi connectivity index (χ2n) is 3.72. The van der Waals surface area contributed by atoms with Crippen molar-refractivity contribution in [2.45, 2.75) is 12.5 Å². The Hall–Kier alpha value is -1.49. The average Bonchev–Trinajstić information content (AvgIpc) is 2.69. The largest absolute Gasteiger partial charge is 0.488 e. The number of carbonyl (C=O) groups is 1. The number of benzene rings is 1. The molecular weight excluding hydrogens is 288 g/mol. The molecule has 1 aliphatic heterocycles. The molecule has 1 aliphatic rings. The van der Waals surface area contributed by atoms with Crippen LogP contribution in [0.3, 0.4) is 0 Å². The zero-order valence-corrected chi connectivity index (χ0v) is 10.6. The van der Waals surface area contributed by atoms with Gasteiger partial charge in [-0.25, -0.2) is 4.79 Å². The molecule has 1 aromatic rings. The summed E-state index contributed by atoms with van der Waals surface area (Å²) >= 11 is 3.19. The number of hydrogen-bond acceptors (Lipinski definition) is 3. The van der Waals surface area contributed by atoms with Gasteiger partial charge in [-0.15, -0.1) is 0 Å². The van der Waals surface area contributed by atoms with E-state index < -0.39 is 12.1 Å². The van der Waals surface area contributed by atoms with Crippen molar-refractivity contribution in [3.63, 3.8) is 0 Å². The first-order valence-electron chi connectivity index (χ1n) is 5.04. The maximum atomic E-state index is 10.8. The molecule has 5 heteroatoms. The summed E-state index contributed by atoms with van der Waals surface area (Å²) < 4.78 is 11.5. The lowest BCUT2D eigenvalue weighted by Crippen LogP contribution is -2.24. The van der Waals surface area contributed by atoms with Crippen LogP contribution in [0.1, 0.15) is 5.56 Å². The topological polar surface area (TPSA) is 55.8 Å². The highest BCUT2D eigenvalue weighted by Crippen LogP contribution is 2.32. The van der Waals surface area contributed by atoms with E-state index in [-0.39, 0.29) is 0 Å². The third kappa shape index (κ3) is 2.79. The molecule has 1 heterocycles. The fraction of sp³-hybridized carbons (Fsp3) is 0.250. The fourth-order valence-electron chi connectivity index (χ4n) is 1.60. The van der Waals surface area contributed by atoms with Crippen LogP contribution in [0.15, 0.2) is 29.3 Å². The summed E-state index contributed by atoms with van der Waals surface area (Å²) in [6.45, 7) is 4.02. The van der Waals surface area contributed by atoms with E-state index in [2.05, 4.69) is 22.5 Å². The summed E-state index contributed by atoms with van der Waals surface area (Å²) in [6, 6.07) is 5.32. The lowest BCUT2D eigenvalue weighted by Gasteiger charge is -2.07. The molecule has 1 atom stereocenters. The minimum Gasteiger partial charge on any atom is -0.488 e. The van der Waals surface area contributed by atoms with Crippen LogP contribution in [0, 0.1) is 0 Å². The van der Waals surface area contributed by atoms with E-state index in [1.165, 1.54) is 0 Å². The third-order valence-corrected chi connectivity index (χ3v) is 2.61. The number of carboxylic acids is 1. The van der Waals surface area contributed by atoms with Gasteiger partial charge in [0.1, 0.15) is 18.1 Å². The summed E-state index contributed by atoms with van der Waals surface area (Å²) in [4.78, 5) is 10.8. The number of rotatable bonds is 4. The number of hydrogen-bond donors (Lipinski definition) is 1. The summed E-state index contributed by atoms with van der Waals surface area (Å²) in [7, 11) is 0. The standard InChI is InChI=1S/C12H11BrO4/c1-7(13)6-16-9-3-2-8-4-11(12(14)15)17-10(8)5-9/h2-3,5,11H,1,4,6H2,(H,14,15). The van der Waals surface area contributed by atoms with Crippen molar-refractivity contribution in [2.75, 3.05) is 6.61 Å². The molecule has 0 aliphatic carbocycles. The normalized spacial score (nSPS) is 17.1. The van der Waals surface area contributed by atoms with Crippen molar-refractivity contribution in [3.8, 4) is 11.5 Å². The Labute approximate surface area is 107 Å². The second-order valence-corrected chi connectivity index (χ2v) is 4.85. The maximum absolute atomic E-state index is 10.8. The first kappa shape index (κ1) is 12.0. The third-order valence-electron chi connectivity index (χ3n) is 2.38. The van der Waals surface area contributed by atoms with Gasteiger partial charge in [-0.05, 0) is 11.6 Å². The lowest BCUT2D eigenvalue weighted by atomic mass is 10.1. The van der Waals surface area contributed by atoms with Gasteiger partial charge in [-0.1, -0.05) is 28.6 Å². The first-order valence-corrected chi connectivity index (χ1v) is 5.84. The Kier molecular flexibility index (Phi) is 3.38. The molecule has 0 spiro atoms. The molecule has 0 amide bonds. The molecule has 0 saturated carbocycles. The summed E-state index contributed by atoms with van der Waals surface area (Å²) in [5, 5.41) is 8.86. The molecule has 17 heavy (non-hydrogen) atoms. The molecule has 0 fully saturated rings. The molecule has 1 unspecified atom stereocenters. The zero-order chi connectivity index (χ0) is 12.4. The zero-order valence-electron chi connectivity index (χ0n) is 8.98. The van der Waals surface area contributed by atoms with Gasteiger partial charge in [0.25, 0.3) is 0 Å². The van der Waals surface area contributed by atoms with Gasteiger partial charge in [0, 0.05) is 17.0 Å². The quantitative estimate of drug-likeness (QED) is 0.927. The van der Waals surface area contributed by atoms with Crippen LogP contribution in [-0.4, -0.2) is 23.8 Å². The molecule has 1 aromatic carbocycles. The van der Waals surface area contributed by atoms with Crippen LogP contribution in [0.2, 0.25) is 0 Å². The second kappa shape index (κ2) is 4.79. The highest BCUT2D eigenvalue weighted by Gasteiger charge is 2.28. The molecular formula is C12H11BrO4. The van der Waals surface area contributed by atoms with E-state index in [4.69, 9.17) is 14.6 Å². The van der Waals surface area contributed by atoms with Crippen LogP contribution in [-0.2, 0) is 11.2 Å². The highest BCUT2D eigenvalue weighted by molar-refractivity contribution is 9.11. The van der Waals surface area contributed by atoms with Crippen LogP contribution >= 0.6 is 15.9 Å². The van der Waals surface area contributed by atoms with E-state index in [0.29, 0.717) is 24.5 Å². The Balaban J connectivity index is 2.09. The first-order chi connectivity index (χ1) is 8.06. The molecule has 90 valence electrons. The van der Waals surface area contributed by atoms with Gasteiger partial charge in [0.05, 0.1) is 0 Å². The monoisotopic (exact) mass is 298 g/mol. The fourth-order valence-corrected chi connectivity index (χ4v) is 1.71. The van der Waals surface area contributed by atoms with Crippen molar-refractivity contribution >= 4 is 21.9 Å². The highest BCUT2D eigenvalue weighted by atomic mass is 79.9. The smallest absolute Gasteiger partial charge is 0.345 e. The van der Waals surface area contributed by atoms with Crippen LogP contribution in [0.4, 0.5) is 0 Å². The molecule has 0 bridgehead atoms. The summed E-state index contributed by atoms with van der Waals surface area (Å²) in [5.74, 6) is 0.267. The maximum Gasteiger partial charge on any atom is 0.345 e. The van der Waals surface area contributed by atoms with E-state index in [9.17, 15) is 4.79 Å². The van der Waals surface area contributed by atoms with Crippen molar-refractivity contribution in [1.82, 2.24) is 0 Å². The van der Waals surface area contributed by atoms with Gasteiger partial charge in [-0.2, -0.15) is 0 Å². The van der Waals surface area contributed by atoms with Gasteiger partial charge in [-0.3, -0.25) is 0 Å². The van der Waals surface area contributed by atoms with E-state index in [0.717, 1.165) is 10.0 Å². The van der Waals surface area contributed by atoms with Crippen molar-refractivity contribution in [3.05, 3.63) is 34.8 Å². The number of halogens is 1. The van der Waals surface area contributed by atoms with Crippen LogP contribution in [0.25, 0.3) is 0 Å². The van der Waals surface area contributed by atoms with Crippen molar-refractivity contribution in [1.29, 1.82) is 0 Å². The predicted molar refractivity (Wildman–Crippen MR) is 65.8 cm³/mol. The van der Waals surface area contributed by atoms with Crippen molar-refractivity contribution < 1.29 is 19.4 Å². The van der Waals surface area contributed by atoms with E-state index >= 15 is 0 Å². The number of fused-ring (bicyclic) bond motifs is 1. The molecule has 4 nitrogen and oxygen atoms in total. The summed E-state index contributed by atoms with van der Waals surface area (Å²) in [6.07, 6.45) is -0.387. The molecule has 0 aromatic heterocycles. The Morgan fingerprint density at radius 2 is 2.41 bits per heavy atom. The van der Waals surface area contributed by atoms with E-state index in [1.807, 2.05) is 6.07 Å². The van der Waals surface area contributed by atoms with Gasteiger partial charge in [0.15, 0.2) is 6.10 Å². The Morgan fingerprint density at radius 3 is 3.06 bits per heavy atom. The molecule has 0 saturated heterocycles. The van der Waals surface area contributed by atoms with Crippen LogP contribution < -0.4 is 9.47 Å². The number of aliphatic carboxylic acids is 1. The number of carboxylic acid groups (broad SMARTS) is 1. The summed E-state index contributed by atoms with van der Waals surface area (Å²) in [5.41, 5.74) is 0.891. The SMILES string of the molecule is C=C(Br)COc1ccc2c(c1)OC(C(=O)O)C2. The predicted octanol–water partition coefficient (Wildman–Crippen LogP) is 2.36. The van der Waals surface area contributed by atoms with Gasteiger partial charge >= 0.3 is 5.97 Å². The van der Waals surface area contributed by atoms with Gasteiger partial charge in [0.2, 0.25) is 0 Å². The van der Waals surface area contributed by atoms with Crippen LogP contribution in [0.5, 0.6) is 11.5 Å². The Bertz CT molecular complexity index is 470. The molecule has 2 rings (SSSR count). The lowest BCUT2D eigenvalue weighted by molar-refractivity contribution is -0.144. The van der Waals surface area contributed by atoms with E-state index in [1.54, 1.807) is 12.1 Å². The number of ether oxygens (including phenoxy) is 2. The average molecular weight is 299 g/mol. The minimum atomic E-state index is -0.947. The minimum absolute atomic E-state index is 0.362. The van der Waals surface area contributed by atoms with Gasteiger partial charge < -0.3 is 14.6 Å². The Morgan fingerprint density at radius 1 is 1.65 bits per heavy atom. The molecule has 0 radical (unpaired) electrons. The van der Waals surface area contributed by atoms with Crippen molar-refractivity contribution in [2.24, 2.45) is 0 Å². The molecule has 1 N–H and O–H groups in total.